The summed E-state index contributed by atoms with van der Waals surface area (Å²) in [4.78, 5) is 24.7. The van der Waals surface area contributed by atoms with Crippen LogP contribution in [-0.2, 0) is 9.53 Å². The van der Waals surface area contributed by atoms with Crippen molar-refractivity contribution in [1.82, 2.24) is 5.32 Å². The second kappa shape index (κ2) is 10.9. The van der Waals surface area contributed by atoms with E-state index in [9.17, 15) is 14.7 Å². The molecule has 29 heavy (non-hydrogen) atoms. The summed E-state index contributed by atoms with van der Waals surface area (Å²) in [7, 11) is 0. The fraction of sp³-hybridized carbons (Fsp3) is 0.619. The van der Waals surface area contributed by atoms with Gasteiger partial charge in [-0.1, -0.05) is 18.5 Å². The van der Waals surface area contributed by atoms with E-state index >= 15 is 0 Å². The molecular weight excluding hydrogens is 433 g/mol. The van der Waals surface area contributed by atoms with Gasteiger partial charge in [-0.05, 0) is 69.1 Å². The van der Waals surface area contributed by atoms with Gasteiger partial charge >= 0.3 is 11.9 Å². The van der Waals surface area contributed by atoms with Gasteiger partial charge in [-0.2, -0.15) is 0 Å². The van der Waals surface area contributed by atoms with Gasteiger partial charge in [-0.25, -0.2) is 4.79 Å². The van der Waals surface area contributed by atoms with Crippen molar-refractivity contribution < 1.29 is 19.4 Å². The molecule has 2 aliphatic rings. The molecule has 0 spiro atoms. The van der Waals surface area contributed by atoms with Crippen molar-refractivity contribution in [2.45, 2.75) is 68.2 Å². The molecule has 8 heteroatoms. The molecular formula is C21H29Cl2NO4S. The Labute approximate surface area is 187 Å². The molecule has 5 atom stereocenters. The van der Waals surface area contributed by atoms with E-state index in [2.05, 4.69) is 12.2 Å². The Morgan fingerprint density at radius 2 is 2.03 bits per heavy atom. The number of thioether (sulfide) groups is 1. The van der Waals surface area contributed by atoms with Gasteiger partial charge < -0.3 is 15.2 Å². The second-order valence-electron chi connectivity index (χ2n) is 7.65. The number of halogens is 2. The summed E-state index contributed by atoms with van der Waals surface area (Å²) in [6, 6.07) is 5.09. The average molecular weight is 462 g/mol. The van der Waals surface area contributed by atoms with Crippen molar-refractivity contribution in [2.75, 3.05) is 6.61 Å². The van der Waals surface area contributed by atoms with Gasteiger partial charge in [0.2, 0.25) is 0 Å². The number of ether oxygens (including phenoxy) is 1. The number of carbonyl (C=O) groups excluding carboxylic acids is 1. The molecule has 3 rings (SSSR count). The molecule has 0 amide bonds. The minimum absolute atomic E-state index is 0. The molecule has 0 bridgehead atoms. The maximum atomic E-state index is 12.3. The number of aliphatic carboxylic acids is 1. The van der Waals surface area contributed by atoms with Crippen LogP contribution in [0, 0.1) is 11.8 Å². The summed E-state index contributed by atoms with van der Waals surface area (Å²) in [5.74, 6) is -0.162. The summed E-state index contributed by atoms with van der Waals surface area (Å²) in [6.07, 6.45) is 4.72. The highest BCUT2D eigenvalue weighted by Gasteiger charge is 2.42. The van der Waals surface area contributed by atoms with E-state index in [0.29, 0.717) is 40.7 Å². The first kappa shape index (κ1) is 24.3. The van der Waals surface area contributed by atoms with Crippen LogP contribution in [-0.4, -0.2) is 41.0 Å². The van der Waals surface area contributed by atoms with Gasteiger partial charge in [-0.15, -0.1) is 24.2 Å². The van der Waals surface area contributed by atoms with Crippen LogP contribution in [0.5, 0.6) is 0 Å². The van der Waals surface area contributed by atoms with Crippen LogP contribution in [0.4, 0.5) is 0 Å². The molecule has 2 N–H and O–H groups in total. The molecule has 1 aromatic carbocycles. The van der Waals surface area contributed by atoms with Crippen molar-refractivity contribution >= 4 is 47.7 Å². The molecule has 0 radical (unpaired) electrons. The molecule has 0 aromatic heterocycles. The average Bonchev–Trinajstić information content (AvgIpc) is 2.67. The lowest BCUT2D eigenvalue weighted by Gasteiger charge is -2.46. The van der Waals surface area contributed by atoms with Crippen LogP contribution in [0.25, 0.3) is 0 Å². The van der Waals surface area contributed by atoms with Gasteiger partial charge in [-0.3, -0.25) is 4.79 Å². The van der Waals surface area contributed by atoms with Crippen LogP contribution in [0.15, 0.2) is 23.1 Å². The van der Waals surface area contributed by atoms with Crippen molar-refractivity contribution in [3.05, 3.63) is 28.8 Å². The van der Waals surface area contributed by atoms with E-state index < -0.39 is 12.0 Å². The fourth-order valence-corrected chi connectivity index (χ4v) is 6.31. The van der Waals surface area contributed by atoms with Crippen molar-refractivity contribution in [1.29, 1.82) is 0 Å². The van der Waals surface area contributed by atoms with Gasteiger partial charge in [0.15, 0.2) is 0 Å². The van der Waals surface area contributed by atoms with E-state index in [1.54, 1.807) is 30.8 Å². The quantitative estimate of drug-likeness (QED) is 0.577. The number of piperidine rings is 1. The van der Waals surface area contributed by atoms with Crippen molar-refractivity contribution in [3.8, 4) is 0 Å². The SMILES string of the molecule is CCOC(=O)c1ccc(Cl)cc1S[C@H]1CC[C@H]2C(CC)N[C@H](C(=O)O)C[C@H]2C1.Cl. The molecule has 162 valence electrons. The first-order valence-corrected chi connectivity index (χ1v) is 11.3. The van der Waals surface area contributed by atoms with Gasteiger partial charge in [0.1, 0.15) is 6.04 Å². The Balaban J connectivity index is 0.00000300. The minimum atomic E-state index is -0.758. The smallest absolute Gasteiger partial charge is 0.339 e. The summed E-state index contributed by atoms with van der Waals surface area (Å²) in [6.45, 7) is 4.25. The Hall–Kier alpha value is -0.950. The van der Waals surface area contributed by atoms with Crippen molar-refractivity contribution in [3.63, 3.8) is 0 Å². The highest BCUT2D eigenvalue weighted by Crippen LogP contribution is 2.45. The molecule has 1 unspecified atom stereocenters. The Kier molecular flexibility index (Phi) is 9.14. The van der Waals surface area contributed by atoms with Gasteiger partial charge in [0.25, 0.3) is 0 Å². The van der Waals surface area contributed by atoms with Crippen molar-refractivity contribution in [2.24, 2.45) is 11.8 Å². The molecule has 1 aliphatic carbocycles. The first-order chi connectivity index (χ1) is 13.4. The first-order valence-electron chi connectivity index (χ1n) is 10.0. The second-order valence-corrected chi connectivity index (χ2v) is 9.42. The summed E-state index contributed by atoms with van der Waals surface area (Å²) in [5, 5.41) is 13.8. The monoisotopic (exact) mass is 461 g/mol. The Morgan fingerprint density at radius 1 is 1.28 bits per heavy atom. The number of esters is 1. The van der Waals surface area contributed by atoms with E-state index in [-0.39, 0.29) is 24.4 Å². The lowest BCUT2D eigenvalue weighted by molar-refractivity contribution is -0.141. The van der Waals surface area contributed by atoms with E-state index in [1.807, 2.05) is 6.07 Å². The molecule has 5 nitrogen and oxygen atoms in total. The molecule has 2 fully saturated rings. The largest absolute Gasteiger partial charge is 0.480 e. The standard InChI is InChI=1S/C21H28ClNO4S.ClH/c1-3-17-15-8-6-14(9-12(15)10-18(23-17)20(24)25)28-19-11-13(22)5-7-16(19)21(26)27-4-2;/h5,7,11-12,14-15,17-18,23H,3-4,6,8-10H2,1-2H3,(H,24,25);1H/t12-,14+,15-,17?,18+;/m1./s1. The zero-order valence-corrected chi connectivity index (χ0v) is 19.1. The third-order valence-corrected chi connectivity index (χ3v) is 7.52. The van der Waals surface area contributed by atoms with Crippen LogP contribution in [0.2, 0.25) is 5.02 Å². The molecule has 1 aromatic rings. The topological polar surface area (TPSA) is 75.6 Å². The maximum Gasteiger partial charge on any atom is 0.339 e. The predicted molar refractivity (Wildman–Crippen MR) is 118 cm³/mol. The third kappa shape index (κ3) is 5.81. The molecule has 1 saturated heterocycles. The Bertz CT molecular complexity index is 733. The lowest BCUT2D eigenvalue weighted by Crippen LogP contribution is -2.55. The number of fused-ring (bicyclic) bond motifs is 1. The highest BCUT2D eigenvalue weighted by atomic mass is 35.5. The number of carboxylic acids is 1. The minimum Gasteiger partial charge on any atom is -0.480 e. The highest BCUT2D eigenvalue weighted by molar-refractivity contribution is 8.00. The number of nitrogens with one attached hydrogen (secondary N) is 1. The zero-order chi connectivity index (χ0) is 20.3. The van der Waals surface area contributed by atoms with E-state index in [1.165, 1.54) is 0 Å². The number of benzene rings is 1. The fourth-order valence-electron chi connectivity index (χ4n) is 4.65. The normalized spacial score (nSPS) is 28.7. The van der Waals surface area contributed by atoms with E-state index in [0.717, 1.165) is 30.6 Å². The number of carboxylic acid groups (broad SMARTS) is 1. The maximum absolute atomic E-state index is 12.3. The number of hydrogen-bond acceptors (Lipinski definition) is 5. The molecule has 1 saturated carbocycles. The van der Waals surface area contributed by atoms with Crippen LogP contribution in [0.1, 0.15) is 56.3 Å². The number of rotatable bonds is 6. The summed E-state index contributed by atoms with van der Waals surface area (Å²) in [5.41, 5.74) is 0.554. The van der Waals surface area contributed by atoms with Crippen LogP contribution >= 0.6 is 35.8 Å². The van der Waals surface area contributed by atoms with Crippen LogP contribution in [0.3, 0.4) is 0 Å². The van der Waals surface area contributed by atoms with Crippen LogP contribution < -0.4 is 5.32 Å². The van der Waals surface area contributed by atoms with E-state index in [4.69, 9.17) is 16.3 Å². The summed E-state index contributed by atoms with van der Waals surface area (Å²) >= 11 is 7.86. The number of carbonyl (C=O) groups is 2. The molecule has 1 heterocycles. The zero-order valence-electron chi connectivity index (χ0n) is 16.7. The molecule has 1 aliphatic heterocycles. The predicted octanol–water partition coefficient (Wildman–Crippen LogP) is 5.04. The third-order valence-electron chi connectivity index (χ3n) is 5.93. The summed E-state index contributed by atoms with van der Waals surface area (Å²) < 4.78 is 5.18. The van der Waals surface area contributed by atoms with Gasteiger partial charge in [0, 0.05) is 21.2 Å². The lowest BCUT2D eigenvalue weighted by atomic mass is 9.69. The van der Waals surface area contributed by atoms with Gasteiger partial charge in [0.05, 0.1) is 12.2 Å². The Morgan fingerprint density at radius 3 is 2.69 bits per heavy atom. The number of hydrogen-bond donors (Lipinski definition) is 2.